The number of aryl methyl sites for hydroxylation is 1. The van der Waals surface area contributed by atoms with Crippen LogP contribution < -0.4 is 15.1 Å². The lowest BCUT2D eigenvalue weighted by Gasteiger charge is -2.23. The van der Waals surface area contributed by atoms with Crippen molar-refractivity contribution in [1.29, 1.82) is 0 Å². The van der Waals surface area contributed by atoms with Gasteiger partial charge in [0.1, 0.15) is 0 Å². The smallest absolute Gasteiger partial charge is 0.228 e. The Bertz CT molecular complexity index is 696. The van der Waals surface area contributed by atoms with Gasteiger partial charge in [-0.15, -0.1) is 0 Å². The molecular formula is C22H31N3O. The van der Waals surface area contributed by atoms with Crippen molar-refractivity contribution in [2.45, 2.75) is 34.1 Å². The van der Waals surface area contributed by atoms with E-state index in [-0.39, 0.29) is 5.91 Å². The molecule has 26 heavy (non-hydrogen) atoms. The second-order valence-electron chi connectivity index (χ2n) is 6.32. The molecule has 0 aliphatic heterocycles. The number of nitrogens with zero attached hydrogens (tertiary/aromatic N) is 2. The van der Waals surface area contributed by atoms with Crippen LogP contribution in [0.3, 0.4) is 0 Å². The minimum absolute atomic E-state index is 0.142. The molecule has 2 aromatic carbocycles. The van der Waals surface area contributed by atoms with Crippen LogP contribution in [0.25, 0.3) is 0 Å². The number of anilines is 3. The van der Waals surface area contributed by atoms with Crippen LogP contribution in [0.5, 0.6) is 0 Å². The van der Waals surface area contributed by atoms with Crippen molar-refractivity contribution in [2.75, 3.05) is 41.3 Å². The lowest BCUT2D eigenvalue weighted by Crippen LogP contribution is -2.31. The third kappa shape index (κ3) is 5.01. The molecular weight excluding hydrogens is 322 g/mol. The minimum Gasteiger partial charge on any atom is -0.384 e. The van der Waals surface area contributed by atoms with Crippen LogP contribution in [0.15, 0.2) is 48.5 Å². The van der Waals surface area contributed by atoms with E-state index in [0.29, 0.717) is 19.5 Å². The first-order chi connectivity index (χ1) is 12.6. The van der Waals surface area contributed by atoms with Gasteiger partial charge in [-0.25, -0.2) is 0 Å². The molecule has 0 aliphatic carbocycles. The number of nitrogens with one attached hydrogen (secondary N) is 1. The van der Waals surface area contributed by atoms with Crippen molar-refractivity contribution < 1.29 is 4.79 Å². The van der Waals surface area contributed by atoms with E-state index in [1.165, 1.54) is 11.3 Å². The lowest BCUT2D eigenvalue weighted by molar-refractivity contribution is -0.118. The van der Waals surface area contributed by atoms with E-state index >= 15 is 0 Å². The topological polar surface area (TPSA) is 35.6 Å². The van der Waals surface area contributed by atoms with Gasteiger partial charge >= 0.3 is 0 Å². The van der Waals surface area contributed by atoms with Crippen molar-refractivity contribution in [3.05, 3.63) is 54.1 Å². The Morgan fingerprint density at radius 3 is 2.19 bits per heavy atom. The summed E-state index contributed by atoms with van der Waals surface area (Å²) < 4.78 is 0. The van der Waals surface area contributed by atoms with Gasteiger partial charge in [0.2, 0.25) is 5.91 Å². The van der Waals surface area contributed by atoms with E-state index in [9.17, 15) is 4.79 Å². The van der Waals surface area contributed by atoms with Crippen LogP contribution in [0.1, 0.15) is 32.8 Å². The Labute approximate surface area is 157 Å². The maximum Gasteiger partial charge on any atom is 0.228 e. The molecule has 2 rings (SSSR count). The predicted molar refractivity (Wildman–Crippen MR) is 112 cm³/mol. The summed E-state index contributed by atoms with van der Waals surface area (Å²) in [4.78, 5) is 16.7. The van der Waals surface area contributed by atoms with Gasteiger partial charge in [0.15, 0.2) is 0 Å². The first kappa shape index (κ1) is 19.8. The fraction of sp³-hybridized carbons (Fsp3) is 0.409. The zero-order chi connectivity index (χ0) is 18.9. The third-order valence-electron chi connectivity index (χ3n) is 4.68. The van der Waals surface area contributed by atoms with Gasteiger partial charge in [-0.3, -0.25) is 4.79 Å². The molecule has 0 atom stereocenters. The lowest BCUT2D eigenvalue weighted by atomic mass is 10.1. The first-order valence-corrected chi connectivity index (χ1v) is 9.55. The SMILES string of the molecule is CCN(CC)c1ccc(NCCC(=O)N(CC)c2ccccc2)c(C)c1. The predicted octanol–water partition coefficient (Wildman–Crippen LogP) is 4.70. The number of para-hydroxylation sites is 1. The molecule has 4 nitrogen and oxygen atoms in total. The fourth-order valence-electron chi connectivity index (χ4n) is 3.18. The van der Waals surface area contributed by atoms with Crippen LogP contribution in [0, 0.1) is 6.92 Å². The second-order valence-corrected chi connectivity index (χ2v) is 6.32. The number of rotatable bonds is 9. The largest absolute Gasteiger partial charge is 0.384 e. The Morgan fingerprint density at radius 2 is 1.62 bits per heavy atom. The van der Waals surface area contributed by atoms with Gasteiger partial charge in [0.25, 0.3) is 0 Å². The second kappa shape index (κ2) is 9.85. The van der Waals surface area contributed by atoms with Crippen molar-refractivity contribution in [3.63, 3.8) is 0 Å². The normalized spacial score (nSPS) is 10.5. The Morgan fingerprint density at radius 1 is 0.923 bits per heavy atom. The Balaban J connectivity index is 1.93. The standard InChI is InChI=1S/C22H31N3O/c1-5-24(6-2)20-13-14-21(18(4)17-20)23-16-15-22(26)25(7-3)19-11-9-8-10-12-19/h8-14,17,23H,5-7,15-16H2,1-4H3. The summed E-state index contributed by atoms with van der Waals surface area (Å²) in [5.74, 6) is 0.142. The van der Waals surface area contributed by atoms with Crippen molar-refractivity contribution in [1.82, 2.24) is 0 Å². The summed E-state index contributed by atoms with van der Waals surface area (Å²) in [5, 5.41) is 3.41. The average Bonchev–Trinajstić information content (AvgIpc) is 2.66. The molecule has 0 radical (unpaired) electrons. The number of amides is 1. The van der Waals surface area contributed by atoms with Crippen molar-refractivity contribution in [3.8, 4) is 0 Å². The number of benzene rings is 2. The third-order valence-corrected chi connectivity index (χ3v) is 4.68. The monoisotopic (exact) mass is 353 g/mol. The van der Waals surface area contributed by atoms with E-state index < -0.39 is 0 Å². The van der Waals surface area contributed by atoms with Gasteiger partial charge in [0.05, 0.1) is 0 Å². The molecule has 0 fully saturated rings. The van der Waals surface area contributed by atoms with E-state index in [0.717, 1.165) is 24.5 Å². The van der Waals surface area contributed by atoms with E-state index in [4.69, 9.17) is 0 Å². The molecule has 1 amide bonds. The van der Waals surface area contributed by atoms with Gasteiger partial charge in [-0.1, -0.05) is 18.2 Å². The number of carbonyl (C=O) groups is 1. The molecule has 0 saturated heterocycles. The maximum absolute atomic E-state index is 12.6. The highest BCUT2D eigenvalue weighted by molar-refractivity contribution is 5.93. The number of hydrogen-bond acceptors (Lipinski definition) is 3. The van der Waals surface area contributed by atoms with Crippen LogP contribution in [0.2, 0.25) is 0 Å². The molecule has 0 aromatic heterocycles. The Kier molecular flexibility index (Phi) is 7.52. The van der Waals surface area contributed by atoms with Gasteiger partial charge in [-0.05, 0) is 63.6 Å². The van der Waals surface area contributed by atoms with Gasteiger partial charge in [0, 0.05) is 49.7 Å². The van der Waals surface area contributed by atoms with Crippen molar-refractivity contribution >= 4 is 23.0 Å². The fourth-order valence-corrected chi connectivity index (χ4v) is 3.18. The molecule has 0 saturated carbocycles. The molecule has 0 spiro atoms. The van der Waals surface area contributed by atoms with Gasteiger partial charge < -0.3 is 15.1 Å². The van der Waals surface area contributed by atoms with E-state index in [1.807, 2.05) is 42.2 Å². The quantitative estimate of drug-likeness (QED) is 0.710. The summed E-state index contributed by atoms with van der Waals surface area (Å²) >= 11 is 0. The number of hydrogen-bond donors (Lipinski definition) is 1. The van der Waals surface area contributed by atoms with Crippen molar-refractivity contribution in [2.24, 2.45) is 0 Å². The van der Waals surface area contributed by atoms with E-state index in [1.54, 1.807) is 0 Å². The molecule has 0 heterocycles. The summed E-state index contributed by atoms with van der Waals surface area (Å²) in [5.41, 5.74) is 4.50. The highest BCUT2D eigenvalue weighted by atomic mass is 16.2. The molecule has 2 aromatic rings. The average molecular weight is 354 g/mol. The summed E-state index contributed by atoms with van der Waals surface area (Å²) in [7, 11) is 0. The highest BCUT2D eigenvalue weighted by Crippen LogP contribution is 2.23. The zero-order valence-electron chi connectivity index (χ0n) is 16.5. The van der Waals surface area contributed by atoms with Crippen LogP contribution in [-0.2, 0) is 4.79 Å². The van der Waals surface area contributed by atoms with E-state index in [2.05, 4.69) is 49.2 Å². The summed E-state index contributed by atoms with van der Waals surface area (Å²) in [6.07, 6.45) is 0.472. The zero-order valence-corrected chi connectivity index (χ0v) is 16.5. The summed E-state index contributed by atoms with van der Waals surface area (Å²) in [6, 6.07) is 16.3. The molecule has 1 N–H and O–H groups in total. The molecule has 0 unspecified atom stereocenters. The number of carbonyl (C=O) groups excluding carboxylic acids is 1. The minimum atomic E-state index is 0.142. The molecule has 140 valence electrons. The van der Waals surface area contributed by atoms with Crippen LogP contribution in [-0.4, -0.2) is 32.1 Å². The molecule has 0 bridgehead atoms. The summed E-state index contributed by atoms with van der Waals surface area (Å²) in [6.45, 7) is 11.8. The molecule has 4 heteroatoms. The van der Waals surface area contributed by atoms with Crippen LogP contribution >= 0.6 is 0 Å². The van der Waals surface area contributed by atoms with Crippen LogP contribution in [0.4, 0.5) is 17.1 Å². The Hall–Kier alpha value is -2.49. The maximum atomic E-state index is 12.6. The first-order valence-electron chi connectivity index (χ1n) is 9.55. The molecule has 0 aliphatic rings. The van der Waals surface area contributed by atoms with Gasteiger partial charge in [-0.2, -0.15) is 0 Å². The highest BCUT2D eigenvalue weighted by Gasteiger charge is 2.13.